The SMILES string of the molecule is CC1CCC(Cl)CN1C(=O)c1cnns1. The summed E-state index contributed by atoms with van der Waals surface area (Å²) >= 11 is 7.19. The van der Waals surface area contributed by atoms with Gasteiger partial charge in [0, 0.05) is 12.6 Å². The van der Waals surface area contributed by atoms with E-state index in [2.05, 4.69) is 16.5 Å². The molecule has 82 valence electrons. The van der Waals surface area contributed by atoms with E-state index in [4.69, 9.17) is 11.6 Å². The van der Waals surface area contributed by atoms with Crippen molar-refractivity contribution in [1.29, 1.82) is 0 Å². The average Bonchev–Trinajstić information content (AvgIpc) is 2.74. The molecule has 0 radical (unpaired) electrons. The molecule has 0 N–H and O–H groups in total. The van der Waals surface area contributed by atoms with Gasteiger partial charge >= 0.3 is 0 Å². The van der Waals surface area contributed by atoms with E-state index >= 15 is 0 Å². The molecule has 4 nitrogen and oxygen atoms in total. The number of carbonyl (C=O) groups is 1. The van der Waals surface area contributed by atoms with Gasteiger partial charge in [0.15, 0.2) is 0 Å². The summed E-state index contributed by atoms with van der Waals surface area (Å²) in [6, 6.07) is 0.259. The first-order chi connectivity index (χ1) is 7.18. The summed E-state index contributed by atoms with van der Waals surface area (Å²) in [4.78, 5) is 14.4. The summed E-state index contributed by atoms with van der Waals surface area (Å²) in [6.07, 6.45) is 3.46. The Balaban J connectivity index is 2.12. The third-order valence-corrected chi connectivity index (χ3v) is 3.67. The van der Waals surface area contributed by atoms with Gasteiger partial charge in [-0.3, -0.25) is 4.79 Å². The lowest BCUT2D eigenvalue weighted by Crippen LogP contribution is -2.45. The van der Waals surface area contributed by atoms with Gasteiger partial charge in [-0.15, -0.1) is 16.7 Å². The maximum Gasteiger partial charge on any atom is 0.267 e. The first kappa shape index (κ1) is 10.8. The Morgan fingerprint density at radius 3 is 3.13 bits per heavy atom. The molecule has 0 spiro atoms. The van der Waals surface area contributed by atoms with Crippen LogP contribution in [0.15, 0.2) is 6.20 Å². The van der Waals surface area contributed by atoms with Gasteiger partial charge in [0.05, 0.1) is 11.6 Å². The van der Waals surface area contributed by atoms with E-state index in [0.717, 1.165) is 24.4 Å². The van der Waals surface area contributed by atoms with Crippen molar-refractivity contribution >= 4 is 29.0 Å². The minimum absolute atomic E-state index is 0.00264. The number of hydrogen-bond donors (Lipinski definition) is 0. The van der Waals surface area contributed by atoms with Crippen molar-refractivity contribution in [3.63, 3.8) is 0 Å². The van der Waals surface area contributed by atoms with Crippen LogP contribution in [0.5, 0.6) is 0 Å². The van der Waals surface area contributed by atoms with Crippen LogP contribution in [0.3, 0.4) is 0 Å². The monoisotopic (exact) mass is 245 g/mol. The maximum atomic E-state index is 12.0. The maximum absolute atomic E-state index is 12.0. The Morgan fingerprint density at radius 1 is 1.67 bits per heavy atom. The van der Waals surface area contributed by atoms with Crippen molar-refractivity contribution in [3.05, 3.63) is 11.1 Å². The molecule has 1 amide bonds. The van der Waals surface area contributed by atoms with Gasteiger partial charge < -0.3 is 4.90 Å². The van der Waals surface area contributed by atoms with E-state index in [1.165, 1.54) is 6.20 Å². The Kier molecular flexibility index (Phi) is 3.21. The van der Waals surface area contributed by atoms with E-state index in [9.17, 15) is 4.79 Å². The highest BCUT2D eigenvalue weighted by atomic mass is 35.5. The van der Waals surface area contributed by atoms with Gasteiger partial charge in [0.1, 0.15) is 4.88 Å². The summed E-state index contributed by atoms with van der Waals surface area (Å²) in [5, 5.41) is 3.75. The predicted molar refractivity (Wildman–Crippen MR) is 59.3 cm³/mol. The Morgan fingerprint density at radius 2 is 2.47 bits per heavy atom. The topological polar surface area (TPSA) is 46.1 Å². The van der Waals surface area contributed by atoms with Crippen LogP contribution >= 0.6 is 23.1 Å². The Bertz CT molecular complexity index is 343. The molecule has 15 heavy (non-hydrogen) atoms. The minimum atomic E-state index is 0.00264. The smallest absolute Gasteiger partial charge is 0.267 e. The van der Waals surface area contributed by atoms with E-state index < -0.39 is 0 Å². The van der Waals surface area contributed by atoms with Gasteiger partial charge in [-0.2, -0.15) is 0 Å². The summed E-state index contributed by atoms with van der Waals surface area (Å²) < 4.78 is 3.69. The number of alkyl halides is 1. The third-order valence-electron chi connectivity index (χ3n) is 2.66. The van der Waals surface area contributed by atoms with Crippen LogP contribution in [0.25, 0.3) is 0 Å². The molecule has 1 aliphatic heterocycles. The van der Waals surface area contributed by atoms with E-state index in [1.807, 2.05) is 4.90 Å². The van der Waals surface area contributed by atoms with Crippen molar-refractivity contribution in [2.24, 2.45) is 0 Å². The average molecular weight is 246 g/mol. The predicted octanol–water partition coefficient (Wildman–Crippen LogP) is 1.77. The van der Waals surface area contributed by atoms with E-state index in [0.29, 0.717) is 11.4 Å². The number of rotatable bonds is 1. The van der Waals surface area contributed by atoms with Crippen LogP contribution < -0.4 is 0 Å². The molecule has 1 aromatic rings. The highest BCUT2D eigenvalue weighted by molar-refractivity contribution is 7.07. The van der Waals surface area contributed by atoms with Crippen molar-refractivity contribution < 1.29 is 4.79 Å². The summed E-state index contributed by atoms with van der Waals surface area (Å²) in [7, 11) is 0. The van der Waals surface area contributed by atoms with Gasteiger partial charge in [0.2, 0.25) is 0 Å². The first-order valence-electron chi connectivity index (χ1n) is 4.91. The number of hydrogen-bond acceptors (Lipinski definition) is 4. The lowest BCUT2D eigenvalue weighted by atomic mass is 10.0. The van der Waals surface area contributed by atoms with Gasteiger partial charge in [0.25, 0.3) is 5.91 Å². The zero-order valence-electron chi connectivity index (χ0n) is 8.39. The number of nitrogens with zero attached hydrogens (tertiary/aromatic N) is 3. The first-order valence-corrected chi connectivity index (χ1v) is 6.12. The standard InChI is InChI=1S/C9H12ClN3OS/c1-6-2-3-7(10)5-13(6)9(14)8-4-11-12-15-8/h4,6-7H,2-3,5H2,1H3. The van der Waals surface area contributed by atoms with Gasteiger partial charge in [-0.1, -0.05) is 4.49 Å². The van der Waals surface area contributed by atoms with Crippen molar-refractivity contribution in [3.8, 4) is 0 Å². The molecule has 1 aliphatic rings. The second-order valence-electron chi connectivity index (χ2n) is 3.76. The van der Waals surface area contributed by atoms with Crippen molar-refractivity contribution in [2.45, 2.75) is 31.2 Å². The molecule has 1 aromatic heterocycles. The van der Waals surface area contributed by atoms with Crippen LogP contribution in [-0.4, -0.2) is 38.4 Å². The number of amides is 1. The third kappa shape index (κ3) is 2.29. The van der Waals surface area contributed by atoms with Crippen LogP contribution in [0.1, 0.15) is 29.4 Å². The molecule has 0 aromatic carbocycles. The molecule has 2 atom stereocenters. The second kappa shape index (κ2) is 4.45. The van der Waals surface area contributed by atoms with E-state index in [1.54, 1.807) is 0 Å². The number of carbonyl (C=O) groups excluding carboxylic acids is 1. The highest BCUT2D eigenvalue weighted by Crippen LogP contribution is 2.23. The summed E-state index contributed by atoms with van der Waals surface area (Å²) in [5.41, 5.74) is 0. The van der Waals surface area contributed by atoms with Crippen molar-refractivity contribution in [2.75, 3.05) is 6.54 Å². The normalized spacial score (nSPS) is 26.7. The number of aromatic nitrogens is 2. The lowest BCUT2D eigenvalue weighted by molar-refractivity contribution is 0.0644. The lowest BCUT2D eigenvalue weighted by Gasteiger charge is -2.35. The fourth-order valence-electron chi connectivity index (χ4n) is 1.75. The zero-order valence-corrected chi connectivity index (χ0v) is 9.96. The molecule has 1 saturated heterocycles. The molecule has 0 saturated carbocycles. The fraction of sp³-hybridized carbons (Fsp3) is 0.667. The van der Waals surface area contributed by atoms with Crippen LogP contribution in [-0.2, 0) is 0 Å². The second-order valence-corrected chi connectivity index (χ2v) is 5.17. The molecular weight excluding hydrogens is 234 g/mol. The number of likely N-dealkylation sites (tertiary alicyclic amines) is 1. The fourth-order valence-corrected chi connectivity index (χ4v) is 2.50. The minimum Gasteiger partial charge on any atom is -0.334 e. The van der Waals surface area contributed by atoms with Crippen LogP contribution in [0.4, 0.5) is 0 Å². The number of piperidine rings is 1. The molecule has 2 heterocycles. The number of halogens is 1. The summed E-state index contributed by atoms with van der Waals surface area (Å²) in [6.45, 7) is 2.68. The largest absolute Gasteiger partial charge is 0.334 e. The Hall–Kier alpha value is -0.680. The Labute approximate surface area is 97.4 Å². The molecule has 6 heteroatoms. The molecule has 2 rings (SSSR count). The quantitative estimate of drug-likeness (QED) is 0.709. The van der Waals surface area contributed by atoms with Crippen LogP contribution in [0.2, 0.25) is 0 Å². The van der Waals surface area contributed by atoms with Gasteiger partial charge in [-0.05, 0) is 31.3 Å². The highest BCUT2D eigenvalue weighted by Gasteiger charge is 2.29. The molecule has 2 unspecified atom stereocenters. The zero-order chi connectivity index (χ0) is 10.8. The van der Waals surface area contributed by atoms with Gasteiger partial charge in [-0.25, -0.2) is 0 Å². The molecule has 0 bridgehead atoms. The molecule has 0 aliphatic carbocycles. The van der Waals surface area contributed by atoms with Crippen molar-refractivity contribution in [1.82, 2.24) is 14.5 Å². The van der Waals surface area contributed by atoms with E-state index in [-0.39, 0.29) is 17.3 Å². The molecular formula is C9H12ClN3OS. The summed E-state index contributed by atoms with van der Waals surface area (Å²) in [5.74, 6) is 0.00264. The van der Waals surface area contributed by atoms with Crippen LogP contribution in [0, 0.1) is 0 Å². The molecule has 1 fully saturated rings.